The second-order valence-corrected chi connectivity index (χ2v) is 7.80. The number of fused-ring (bicyclic) bond motifs is 1. The average molecular weight is 405 g/mol. The minimum atomic E-state index is -0.940. The number of ether oxygens (including phenoxy) is 1. The standard InChI is InChI=1S/C21H18ClFO3S/c1-3-27-16-6-7-19(18(22)11-16)26-21-12(2)14(9-20(24)25)8-13-4-5-15(23)10-17(13)21/h4-8,10-11H,3,9H2,1-2H3,(H,24,25). The highest BCUT2D eigenvalue weighted by molar-refractivity contribution is 7.99. The lowest BCUT2D eigenvalue weighted by molar-refractivity contribution is -0.136. The van der Waals surface area contributed by atoms with Crippen LogP contribution in [-0.2, 0) is 11.2 Å². The monoisotopic (exact) mass is 404 g/mol. The van der Waals surface area contributed by atoms with Crippen LogP contribution in [0, 0.1) is 12.7 Å². The zero-order valence-electron chi connectivity index (χ0n) is 14.9. The number of carbonyl (C=O) groups is 1. The van der Waals surface area contributed by atoms with Crippen LogP contribution < -0.4 is 4.74 Å². The first-order valence-electron chi connectivity index (χ1n) is 8.42. The van der Waals surface area contributed by atoms with Gasteiger partial charge < -0.3 is 9.84 Å². The molecular formula is C21H18ClFO3S. The number of halogens is 2. The lowest BCUT2D eigenvalue weighted by Crippen LogP contribution is -2.04. The molecule has 0 aliphatic rings. The number of rotatable bonds is 6. The molecule has 27 heavy (non-hydrogen) atoms. The van der Waals surface area contributed by atoms with Crippen LogP contribution in [-0.4, -0.2) is 16.8 Å². The molecule has 0 saturated carbocycles. The van der Waals surface area contributed by atoms with Gasteiger partial charge in [-0.1, -0.05) is 30.7 Å². The summed E-state index contributed by atoms with van der Waals surface area (Å²) < 4.78 is 19.9. The molecule has 0 radical (unpaired) electrons. The molecule has 0 fully saturated rings. The fourth-order valence-corrected chi connectivity index (χ4v) is 3.89. The van der Waals surface area contributed by atoms with Crippen LogP contribution >= 0.6 is 23.4 Å². The van der Waals surface area contributed by atoms with E-state index >= 15 is 0 Å². The van der Waals surface area contributed by atoms with Crippen molar-refractivity contribution in [2.75, 3.05) is 5.75 Å². The van der Waals surface area contributed by atoms with E-state index in [2.05, 4.69) is 6.92 Å². The van der Waals surface area contributed by atoms with Gasteiger partial charge in [0.15, 0.2) is 0 Å². The third kappa shape index (κ3) is 4.37. The van der Waals surface area contributed by atoms with Gasteiger partial charge in [-0.15, -0.1) is 11.8 Å². The number of thioether (sulfide) groups is 1. The summed E-state index contributed by atoms with van der Waals surface area (Å²) in [6.07, 6.45) is -0.144. The van der Waals surface area contributed by atoms with Gasteiger partial charge in [-0.05, 0) is 59.5 Å². The maximum atomic E-state index is 13.8. The minimum Gasteiger partial charge on any atom is -0.481 e. The first-order valence-corrected chi connectivity index (χ1v) is 9.79. The second kappa shape index (κ2) is 8.19. The van der Waals surface area contributed by atoms with Crippen molar-refractivity contribution in [1.82, 2.24) is 0 Å². The molecule has 0 aliphatic heterocycles. The second-order valence-electron chi connectivity index (χ2n) is 6.05. The predicted molar refractivity (Wildman–Crippen MR) is 108 cm³/mol. The molecule has 0 aliphatic carbocycles. The van der Waals surface area contributed by atoms with Gasteiger partial charge in [-0.25, -0.2) is 4.39 Å². The lowest BCUT2D eigenvalue weighted by atomic mass is 9.98. The van der Waals surface area contributed by atoms with E-state index in [1.165, 1.54) is 12.1 Å². The van der Waals surface area contributed by atoms with Crippen LogP contribution in [0.4, 0.5) is 4.39 Å². The molecule has 0 saturated heterocycles. The van der Waals surface area contributed by atoms with Crippen molar-refractivity contribution in [3.8, 4) is 11.5 Å². The highest BCUT2D eigenvalue weighted by Gasteiger charge is 2.16. The summed E-state index contributed by atoms with van der Waals surface area (Å²) in [4.78, 5) is 12.2. The van der Waals surface area contributed by atoms with Crippen molar-refractivity contribution in [2.45, 2.75) is 25.2 Å². The molecule has 3 nitrogen and oxygen atoms in total. The molecule has 0 unspecified atom stereocenters. The number of hydrogen-bond donors (Lipinski definition) is 1. The fourth-order valence-electron chi connectivity index (χ4n) is 2.90. The smallest absolute Gasteiger partial charge is 0.307 e. The normalized spacial score (nSPS) is 11.0. The van der Waals surface area contributed by atoms with Gasteiger partial charge in [-0.2, -0.15) is 0 Å². The summed E-state index contributed by atoms with van der Waals surface area (Å²) in [6, 6.07) is 11.6. The van der Waals surface area contributed by atoms with Gasteiger partial charge in [0.1, 0.15) is 17.3 Å². The van der Waals surface area contributed by atoms with E-state index in [-0.39, 0.29) is 6.42 Å². The quantitative estimate of drug-likeness (QED) is 0.478. The van der Waals surface area contributed by atoms with Crippen LogP contribution in [0.1, 0.15) is 18.1 Å². The van der Waals surface area contributed by atoms with E-state index in [1.54, 1.807) is 36.9 Å². The zero-order valence-corrected chi connectivity index (χ0v) is 16.5. The van der Waals surface area contributed by atoms with Gasteiger partial charge in [0.25, 0.3) is 0 Å². The topological polar surface area (TPSA) is 46.5 Å². The number of carboxylic acids is 1. The molecule has 3 aromatic rings. The Labute approximate surface area is 166 Å². The van der Waals surface area contributed by atoms with Crippen molar-refractivity contribution >= 4 is 40.1 Å². The van der Waals surface area contributed by atoms with Gasteiger partial charge in [0.05, 0.1) is 11.4 Å². The maximum absolute atomic E-state index is 13.8. The first kappa shape index (κ1) is 19.5. The molecule has 0 bridgehead atoms. The van der Waals surface area contributed by atoms with Crippen molar-refractivity contribution in [3.63, 3.8) is 0 Å². The highest BCUT2D eigenvalue weighted by atomic mass is 35.5. The summed E-state index contributed by atoms with van der Waals surface area (Å²) in [6.45, 7) is 3.83. The molecule has 0 heterocycles. The number of benzene rings is 3. The molecule has 0 spiro atoms. The van der Waals surface area contributed by atoms with Crippen LogP contribution in [0.25, 0.3) is 10.8 Å². The average Bonchev–Trinajstić information content (AvgIpc) is 2.60. The number of carboxylic acid groups (broad SMARTS) is 1. The first-order chi connectivity index (χ1) is 12.9. The van der Waals surface area contributed by atoms with E-state index in [0.717, 1.165) is 10.6 Å². The van der Waals surface area contributed by atoms with Gasteiger partial charge in [0, 0.05) is 10.3 Å². The van der Waals surface area contributed by atoms with Gasteiger partial charge >= 0.3 is 5.97 Å². The number of aliphatic carboxylic acids is 1. The molecule has 1 N–H and O–H groups in total. The summed E-state index contributed by atoms with van der Waals surface area (Å²) in [5, 5.41) is 10.9. The van der Waals surface area contributed by atoms with Gasteiger partial charge in [0.2, 0.25) is 0 Å². The molecule has 6 heteroatoms. The minimum absolute atomic E-state index is 0.144. The Kier molecular flexibility index (Phi) is 5.92. The van der Waals surface area contributed by atoms with E-state index < -0.39 is 11.8 Å². The summed E-state index contributed by atoms with van der Waals surface area (Å²) in [7, 11) is 0. The van der Waals surface area contributed by atoms with Crippen LogP contribution in [0.3, 0.4) is 0 Å². The molecule has 0 aromatic heterocycles. The Bertz CT molecular complexity index is 1020. The molecule has 0 atom stereocenters. The van der Waals surface area contributed by atoms with E-state index in [4.69, 9.17) is 16.3 Å². The van der Waals surface area contributed by atoms with Crippen molar-refractivity contribution in [3.05, 3.63) is 64.4 Å². The third-order valence-electron chi connectivity index (χ3n) is 4.18. The van der Waals surface area contributed by atoms with E-state index in [9.17, 15) is 14.3 Å². The van der Waals surface area contributed by atoms with Crippen molar-refractivity contribution < 1.29 is 19.0 Å². The van der Waals surface area contributed by atoms with Crippen molar-refractivity contribution in [1.29, 1.82) is 0 Å². The molecule has 3 rings (SSSR count). The van der Waals surface area contributed by atoms with E-state index in [0.29, 0.717) is 38.4 Å². The molecule has 3 aromatic carbocycles. The SMILES string of the molecule is CCSc1ccc(Oc2c(C)c(CC(=O)O)cc3ccc(F)cc23)c(Cl)c1. The Balaban J connectivity index is 2.12. The summed E-state index contributed by atoms with van der Waals surface area (Å²) >= 11 is 8.03. The Morgan fingerprint density at radius 3 is 2.67 bits per heavy atom. The largest absolute Gasteiger partial charge is 0.481 e. The maximum Gasteiger partial charge on any atom is 0.307 e. The Morgan fingerprint density at radius 1 is 1.22 bits per heavy atom. The highest BCUT2D eigenvalue weighted by Crippen LogP contribution is 2.39. The third-order valence-corrected chi connectivity index (χ3v) is 5.35. The molecule has 140 valence electrons. The van der Waals surface area contributed by atoms with E-state index in [1.807, 2.05) is 12.1 Å². The molecule has 0 amide bonds. The summed E-state index contributed by atoms with van der Waals surface area (Å²) in [5.41, 5.74) is 1.27. The fraction of sp³-hybridized carbons (Fsp3) is 0.190. The lowest BCUT2D eigenvalue weighted by Gasteiger charge is -2.16. The van der Waals surface area contributed by atoms with Crippen molar-refractivity contribution in [2.24, 2.45) is 0 Å². The molecular weight excluding hydrogens is 387 g/mol. The van der Waals surface area contributed by atoms with Crippen LogP contribution in [0.15, 0.2) is 47.4 Å². The Morgan fingerprint density at radius 2 is 2.00 bits per heavy atom. The van der Waals surface area contributed by atoms with Gasteiger partial charge in [-0.3, -0.25) is 4.79 Å². The summed E-state index contributed by atoms with van der Waals surface area (Å²) in [5.74, 6) is 0.457. The van der Waals surface area contributed by atoms with Crippen LogP contribution in [0.5, 0.6) is 11.5 Å². The number of hydrogen-bond acceptors (Lipinski definition) is 3. The zero-order chi connectivity index (χ0) is 19.6. The predicted octanol–water partition coefficient (Wildman–Crippen LogP) is 6.47. The van der Waals surface area contributed by atoms with Crippen LogP contribution in [0.2, 0.25) is 5.02 Å². The Hall–Kier alpha value is -2.24.